The zero-order valence-corrected chi connectivity index (χ0v) is 12.6. The Balaban J connectivity index is 1.84. The van der Waals surface area contributed by atoms with E-state index in [9.17, 15) is 0 Å². The molecule has 1 unspecified atom stereocenters. The molecule has 1 aromatic rings. The van der Waals surface area contributed by atoms with Gasteiger partial charge in [-0.15, -0.1) is 11.8 Å². The van der Waals surface area contributed by atoms with Crippen LogP contribution < -0.4 is 5.32 Å². The number of hydrogen-bond acceptors (Lipinski definition) is 2. The maximum atomic E-state index is 5.90. The van der Waals surface area contributed by atoms with Crippen LogP contribution in [-0.2, 0) is 0 Å². The van der Waals surface area contributed by atoms with E-state index in [2.05, 4.69) is 24.5 Å². The van der Waals surface area contributed by atoms with E-state index < -0.39 is 0 Å². The van der Waals surface area contributed by atoms with Gasteiger partial charge in [0, 0.05) is 21.7 Å². The van der Waals surface area contributed by atoms with Crippen LogP contribution in [-0.4, -0.2) is 18.8 Å². The van der Waals surface area contributed by atoms with Crippen molar-refractivity contribution in [2.24, 2.45) is 5.92 Å². The van der Waals surface area contributed by atoms with Crippen LogP contribution in [0.15, 0.2) is 29.2 Å². The molecule has 0 radical (unpaired) electrons. The molecule has 1 aliphatic carbocycles. The number of benzene rings is 1. The third-order valence-corrected chi connectivity index (χ3v) is 5.22. The molecular weight excluding hydrogens is 262 g/mol. The number of hydrogen-bond donors (Lipinski definition) is 1. The Morgan fingerprint density at radius 1 is 1.22 bits per heavy atom. The van der Waals surface area contributed by atoms with Gasteiger partial charge in [0.05, 0.1) is 0 Å². The average Bonchev–Trinajstić information content (AvgIpc) is 2.43. The summed E-state index contributed by atoms with van der Waals surface area (Å²) in [5, 5.41) is 4.32. The lowest BCUT2D eigenvalue weighted by molar-refractivity contribution is 0.294. The van der Waals surface area contributed by atoms with Gasteiger partial charge in [-0.3, -0.25) is 0 Å². The minimum absolute atomic E-state index is 0.644. The fourth-order valence-electron chi connectivity index (χ4n) is 2.71. The van der Waals surface area contributed by atoms with Gasteiger partial charge in [-0.25, -0.2) is 0 Å². The second kappa shape index (κ2) is 7.42. The summed E-state index contributed by atoms with van der Waals surface area (Å²) in [5.41, 5.74) is 0. The average molecular weight is 284 g/mol. The van der Waals surface area contributed by atoms with Gasteiger partial charge < -0.3 is 5.32 Å². The largest absolute Gasteiger partial charge is 0.316 e. The third-order valence-electron chi connectivity index (χ3n) is 3.83. The number of nitrogens with one attached hydrogen (secondary N) is 1. The molecule has 0 saturated heterocycles. The summed E-state index contributed by atoms with van der Waals surface area (Å²) in [6.07, 6.45) is 7.04. The van der Waals surface area contributed by atoms with Crippen LogP contribution in [0, 0.1) is 5.92 Å². The molecule has 1 nitrogen and oxygen atoms in total. The van der Waals surface area contributed by atoms with Gasteiger partial charge in [-0.1, -0.05) is 30.9 Å². The van der Waals surface area contributed by atoms with Crippen LogP contribution in [0.2, 0.25) is 5.02 Å². The molecular formula is C15H22ClNS. The molecule has 1 saturated carbocycles. The topological polar surface area (TPSA) is 12.0 Å². The van der Waals surface area contributed by atoms with Gasteiger partial charge in [-0.2, -0.15) is 0 Å². The molecule has 1 aliphatic rings. The summed E-state index contributed by atoms with van der Waals surface area (Å²) in [6, 6.07) is 8.81. The summed E-state index contributed by atoms with van der Waals surface area (Å²) in [7, 11) is 2.10. The predicted octanol–water partition coefficient (Wildman–Crippen LogP) is 4.60. The van der Waals surface area contributed by atoms with Crippen LogP contribution >= 0.6 is 23.4 Å². The molecule has 100 valence electrons. The van der Waals surface area contributed by atoms with Crippen LogP contribution in [0.1, 0.15) is 32.1 Å². The van der Waals surface area contributed by atoms with Gasteiger partial charge >= 0.3 is 0 Å². The van der Waals surface area contributed by atoms with E-state index in [0.29, 0.717) is 6.04 Å². The predicted molar refractivity (Wildman–Crippen MR) is 81.6 cm³/mol. The Kier molecular flexibility index (Phi) is 5.87. The molecule has 0 heterocycles. The van der Waals surface area contributed by atoms with E-state index in [1.807, 2.05) is 23.9 Å². The first-order valence-electron chi connectivity index (χ1n) is 6.85. The molecule has 0 aromatic heterocycles. The van der Waals surface area contributed by atoms with Gasteiger partial charge in [0.2, 0.25) is 0 Å². The summed E-state index contributed by atoms with van der Waals surface area (Å²) in [4.78, 5) is 1.32. The summed E-state index contributed by atoms with van der Waals surface area (Å²) < 4.78 is 0. The SMILES string of the molecule is CNC(CSc1ccc(Cl)cc1)C1CCCCC1. The van der Waals surface area contributed by atoms with E-state index in [1.54, 1.807) is 0 Å². The number of thioether (sulfide) groups is 1. The van der Waals surface area contributed by atoms with Crippen molar-refractivity contribution in [3.05, 3.63) is 29.3 Å². The zero-order chi connectivity index (χ0) is 12.8. The standard InChI is InChI=1S/C15H22ClNS/c1-17-15(12-5-3-2-4-6-12)11-18-14-9-7-13(16)8-10-14/h7-10,12,15,17H,2-6,11H2,1H3. The van der Waals surface area contributed by atoms with Crippen LogP contribution in [0.4, 0.5) is 0 Å². The van der Waals surface area contributed by atoms with E-state index in [-0.39, 0.29) is 0 Å². The van der Waals surface area contributed by atoms with E-state index >= 15 is 0 Å². The van der Waals surface area contributed by atoms with Crippen LogP contribution in [0.25, 0.3) is 0 Å². The van der Waals surface area contributed by atoms with Crippen molar-refractivity contribution in [1.29, 1.82) is 0 Å². The first-order valence-corrected chi connectivity index (χ1v) is 8.21. The highest BCUT2D eigenvalue weighted by atomic mass is 35.5. The lowest BCUT2D eigenvalue weighted by atomic mass is 9.84. The molecule has 0 spiro atoms. The number of rotatable bonds is 5. The molecule has 0 bridgehead atoms. The second-order valence-corrected chi connectivity index (χ2v) is 6.59. The minimum atomic E-state index is 0.644. The van der Waals surface area contributed by atoms with Crippen molar-refractivity contribution in [2.75, 3.05) is 12.8 Å². The van der Waals surface area contributed by atoms with E-state index in [1.165, 1.54) is 37.0 Å². The lowest BCUT2D eigenvalue weighted by Gasteiger charge is -2.29. The van der Waals surface area contributed by atoms with Crippen molar-refractivity contribution in [3.63, 3.8) is 0 Å². The molecule has 1 atom stereocenters. The van der Waals surface area contributed by atoms with E-state index in [0.717, 1.165) is 16.7 Å². The third kappa shape index (κ3) is 4.18. The molecule has 1 aromatic carbocycles. The van der Waals surface area contributed by atoms with Crippen molar-refractivity contribution in [3.8, 4) is 0 Å². The zero-order valence-electron chi connectivity index (χ0n) is 11.0. The fourth-order valence-corrected chi connectivity index (χ4v) is 3.97. The molecule has 3 heteroatoms. The molecule has 1 fully saturated rings. The summed E-state index contributed by atoms with van der Waals surface area (Å²) in [5.74, 6) is 2.02. The Morgan fingerprint density at radius 3 is 2.50 bits per heavy atom. The Hall–Kier alpha value is -0.180. The Bertz CT molecular complexity index is 346. The highest BCUT2D eigenvalue weighted by Gasteiger charge is 2.22. The highest BCUT2D eigenvalue weighted by Crippen LogP contribution is 2.29. The lowest BCUT2D eigenvalue weighted by Crippen LogP contribution is -2.36. The molecule has 1 N–H and O–H groups in total. The summed E-state index contributed by atoms with van der Waals surface area (Å²) in [6.45, 7) is 0. The van der Waals surface area contributed by atoms with Crippen molar-refractivity contribution < 1.29 is 0 Å². The molecule has 18 heavy (non-hydrogen) atoms. The quantitative estimate of drug-likeness (QED) is 0.793. The van der Waals surface area contributed by atoms with Crippen molar-refractivity contribution in [2.45, 2.75) is 43.0 Å². The maximum Gasteiger partial charge on any atom is 0.0406 e. The minimum Gasteiger partial charge on any atom is -0.316 e. The molecule has 0 aliphatic heterocycles. The smallest absolute Gasteiger partial charge is 0.0406 e. The Morgan fingerprint density at radius 2 is 1.89 bits per heavy atom. The second-order valence-electron chi connectivity index (χ2n) is 5.06. The van der Waals surface area contributed by atoms with Gasteiger partial charge in [-0.05, 0) is 50.1 Å². The van der Waals surface area contributed by atoms with Crippen LogP contribution in [0.5, 0.6) is 0 Å². The molecule has 0 amide bonds. The summed E-state index contributed by atoms with van der Waals surface area (Å²) >= 11 is 7.84. The first-order chi connectivity index (χ1) is 8.79. The number of halogens is 1. The van der Waals surface area contributed by atoms with Gasteiger partial charge in [0.25, 0.3) is 0 Å². The maximum absolute atomic E-state index is 5.90. The fraction of sp³-hybridized carbons (Fsp3) is 0.600. The normalized spacial score (nSPS) is 18.8. The van der Waals surface area contributed by atoms with E-state index in [4.69, 9.17) is 11.6 Å². The van der Waals surface area contributed by atoms with Gasteiger partial charge in [0.1, 0.15) is 0 Å². The first kappa shape index (κ1) is 14.2. The molecule has 2 rings (SSSR count). The van der Waals surface area contributed by atoms with Crippen molar-refractivity contribution >= 4 is 23.4 Å². The van der Waals surface area contributed by atoms with Gasteiger partial charge in [0.15, 0.2) is 0 Å². The highest BCUT2D eigenvalue weighted by molar-refractivity contribution is 7.99. The van der Waals surface area contributed by atoms with Crippen molar-refractivity contribution in [1.82, 2.24) is 5.32 Å². The van der Waals surface area contributed by atoms with Crippen LogP contribution in [0.3, 0.4) is 0 Å². The monoisotopic (exact) mass is 283 g/mol. The Labute approximate surface area is 120 Å².